The van der Waals surface area contributed by atoms with Crippen LogP contribution < -0.4 is 10.6 Å². The van der Waals surface area contributed by atoms with E-state index in [0.717, 1.165) is 38.2 Å². The summed E-state index contributed by atoms with van der Waals surface area (Å²) in [7, 11) is 0. The van der Waals surface area contributed by atoms with E-state index < -0.39 is 0 Å². The first-order valence-electron chi connectivity index (χ1n) is 6.24. The van der Waals surface area contributed by atoms with Crippen molar-refractivity contribution in [3.05, 3.63) is 24.4 Å². The van der Waals surface area contributed by atoms with E-state index in [1.165, 1.54) is 0 Å². The van der Waals surface area contributed by atoms with Crippen LogP contribution in [-0.4, -0.2) is 24.0 Å². The highest BCUT2D eigenvalue weighted by Gasteiger charge is 1.99. The van der Waals surface area contributed by atoms with Crippen molar-refractivity contribution in [2.24, 2.45) is 0 Å². The molecule has 0 saturated heterocycles. The van der Waals surface area contributed by atoms with E-state index in [9.17, 15) is 4.79 Å². The quantitative estimate of drug-likeness (QED) is 0.679. The van der Waals surface area contributed by atoms with Crippen molar-refractivity contribution >= 4 is 11.7 Å². The van der Waals surface area contributed by atoms with E-state index in [-0.39, 0.29) is 5.91 Å². The molecule has 17 heavy (non-hydrogen) atoms. The van der Waals surface area contributed by atoms with Gasteiger partial charge in [-0.15, -0.1) is 0 Å². The van der Waals surface area contributed by atoms with E-state index in [1.54, 1.807) is 6.20 Å². The van der Waals surface area contributed by atoms with E-state index in [2.05, 4.69) is 22.5 Å². The number of aromatic nitrogens is 1. The van der Waals surface area contributed by atoms with E-state index in [1.807, 2.05) is 18.2 Å². The predicted octanol–water partition coefficient (Wildman–Crippen LogP) is 2.19. The van der Waals surface area contributed by atoms with Crippen LogP contribution in [0.5, 0.6) is 0 Å². The third-order valence-electron chi connectivity index (χ3n) is 2.37. The average Bonchev–Trinajstić information content (AvgIpc) is 2.37. The van der Waals surface area contributed by atoms with Gasteiger partial charge in [-0.25, -0.2) is 4.98 Å². The molecule has 1 rings (SSSR count). The fraction of sp³-hybridized carbons (Fsp3) is 0.538. The van der Waals surface area contributed by atoms with Gasteiger partial charge in [-0.05, 0) is 31.4 Å². The minimum absolute atomic E-state index is 0.157. The second-order valence-corrected chi connectivity index (χ2v) is 3.95. The Hall–Kier alpha value is -1.58. The minimum Gasteiger partial charge on any atom is -0.370 e. The second kappa shape index (κ2) is 8.56. The Balaban J connectivity index is 1.99. The molecule has 1 aromatic rings. The van der Waals surface area contributed by atoms with Gasteiger partial charge in [-0.3, -0.25) is 4.79 Å². The maximum absolute atomic E-state index is 11.3. The summed E-state index contributed by atoms with van der Waals surface area (Å²) in [6, 6.07) is 5.78. The Morgan fingerprint density at radius 1 is 1.29 bits per heavy atom. The Kier molecular flexibility index (Phi) is 6.79. The molecular weight excluding hydrogens is 214 g/mol. The molecule has 0 unspecified atom stereocenters. The zero-order valence-electron chi connectivity index (χ0n) is 10.4. The van der Waals surface area contributed by atoms with E-state index >= 15 is 0 Å². The molecule has 1 aromatic heterocycles. The van der Waals surface area contributed by atoms with E-state index in [0.29, 0.717) is 6.42 Å². The first kappa shape index (κ1) is 13.5. The average molecular weight is 235 g/mol. The zero-order valence-corrected chi connectivity index (χ0v) is 10.4. The third-order valence-corrected chi connectivity index (χ3v) is 2.37. The molecule has 0 saturated carbocycles. The van der Waals surface area contributed by atoms with Crippen molar-refractivity contribution in [3.63, 3.8) is 0 Å². The molecule has 0 aliphatic carbocycles. The highest BCUT2D eigenvalue weighted by atomic mass is 16.1. The number of rotatable bonds is 8. The van der Waals surface area contributed by atoms with Gasteiger partial charge in [0, 0.05) is 25.7 Å². The van der Waals surface area contributed by atoms with Crippen LogP contribution in [0.1, 0.15) is 32.6 Å². The molecule has 0 fully saturated rings. The van der Waals surface area contributed by atoms with Crippen molar-refractivity contribution in [2.75, 3.05) is 18.4 Å². The van der Waals surface area contributed by atoms with Crippen LogP contribution in [-0.2, 0) is 4.79 Å². The summed E-state index contributed by atoms with van der Waals surface area (Å²) in [4.78, 5) is 15.5. The molecule has 0 radical (unpaired) electrons. The summed E-state index contributed by atoms with van der Waals surface area (Å²) < 4.78 is 0. The monoisotopic (exact) mass is 235 g/mol. The van der Waals surface area contributed by atoms with Crippen molar-refractivity contribution in [2.45, 2.75) is 32.6 Å². The number of anilines is 1. The maximum Gasteiger partial charge on any atom is 0.219 e. The number of hydrogen-bond donors (Lipinski definition) is 2. The lowest BCUT2D eigenvalue weighted by Crippen LogP contribution is -2.23. The number of amides is 1. The molecule has 0 bridgehead atoms. The number of hydrogen-bond acceptors (Lipinski definition) is 3. The van der Waals surface area contributed by atoms with Gasteiger partial charge in [0.2, 0.25) is 5.91 Å². The van der Waals surface area contributed by atoms with Gasteiger partial charge >= 0.3 is 0 Å². The number of pyridine rings is 1. The Bertz CT molecular complexity index is 314. The van der Waals surface area contributed by atoms with Crippen molar-refractivity contribution in [3.8, 4) is 0 Å². The largest absolute Gasteiger partial charge is 0.370 e. The van der Waals surface area contributed by atoms with Gasteiger partial charge in [0.25, 0.3) is 0 Å². The Morgan fingerprint density at radius 2 is 2.18 bits per heavy atom. The first-order valence-corrected chi connectivity index (χ1v) is 6.24. The first-order chi connectivity index (χ1) is 8.33. The van der Waals surface area contributed by atoms with Gasteiger partial charge in [-0.2, -0.15) is 0 Å². The topological polar surface area (TPSA) is 54.0 Å². The summed E-state index contributed by atoms with van der Waals surface area (Å²) in [5, 5.41) is 6.09. The maximum atomic E-state index is 11.3. The molecule has 0 spiro atoms. The highest BCUT2D eigenvalue weighted by molar-refractivity contribution is 5.75. The summed E-state index contributed by atoms with van der Waals surface area (Å²) in [6.07, 6.45) is 5.27. The SMILES string of the molecule is CCCNC(=O)CCCCNc1ccccn1. The Morgan fingerprint density at radius 3 is 2.88 bits per heavy atom. The van der Waals surface area contributed by atoms with Gasteiger partial charge < -0.3 is 10.6 Å². The van der Waals surface area contributed by atoms with Crippen LogP contribution in [0.25, 0.3) is 0 Å². The third kappa shape index (κ3) is 6.56. The number of unbranched alkanes of at least 4 members (excludes halogenated alkanes) is 1. The molecule has 0 aliphatic rings. The summed E-state index contributed by atoms with van der Waals surface area (Å²) in [6.45, 7) is 3.69. The number of nitrogens with zero attached hydrogens (tertiary/aromatic N) is 1. The lowest BCUT2D eigenvalue weighted by molar-refractivity contribution is -0.121. The molecule has 2 N–H and O–H groups in total. The molecule has 4 nitrogen and oxygen atoms in total. The Labute approximate surface area is 103 Å². The van der Waals surface area contributed by atoms with Crippen molar-refractivity contribution in [1.29, 1.82) is 0 Å². The zero-order chi connectivity index (χ0) is 12.3. The summed E-state index contributed by atoms with van der Waals surface area (Å²) in [5.41, 5.74) is 0. The number of nitrogens with one attached hydrogen (secondary N) is 2. The fourth-order valence-corrected chi connectivity index (χ4v) is 1.45. The van der Waals surface area contributed by atoms with Gasteiger partial charge in [0.1, 0.15) is 5.82 Å². The van der Waals surface area contributed by atoms with Gasteiger partial charge in [0.05, 0.1) is 0 Å². The molecule has 0 aliphatic heterocycles. The molecular formula is C13H21N3O. The molecule has 0 aromatic carbocycles. The number of carbonyl (C=O) groups excluding carboxylic acids is 1. The van der Waals surface area contributed by atoms with Crippen LogP contribution in [0.15, 0.2) is 24.4 Å². The van der Waals surface area contributed by atoms with Crippen LogP contribution >= 0.6 is 0 Å². The lowest BCUT2D eigenvalue weighted by atomic mass is 10.2. The van der Waals surface area contributed by atoms with Crippen LogP contribution in [0.2, 0.25) is 0 Å². The standard InChI is InChI=1S/C13H21N3O/c1-2-9-16-13(17)8-4-6-11-15-12-7-3-5-10-14-12/h3,5,7,10H,2,4,6,8-9,11H2,1H3,(H,14,15)(H,16,17). The van der Waals surface area contributed by atoms with Crippen LogP contribution in [0, 0.1) is 0 Å². The van der Waals surface area contributed by atoms with Gasteiger partial charge in [-0.1, -0.05) is 13.0 Å². The predicted molar refractivity (Wildman–Crippen MR) is 69.9 cm³/mol. The minimum atomic E-state index is 0.157. The molecule has 94 valence electrons. The smallest absolute Gasteiger partial charge is 0.219 e. The number of carbonyl (C=O) groups is 1. The fourth-order valence-electron chi connectivity index (χ4n) is 1.45. The van der Waals surface area contributed by atoms with Crippen LogP contribution in [0.3, 0.4) is 0 Å². The van der Waals surface area contributed by atoms with E-state index in [4.69, 9.17) is 0 Å². The van der Waals surface area contributed by atoms with Gasteiger partial charge in [0.15, 0.2) is 0 Å². The van der Waals surface area contributed by atoms with Crippen LogP contribution in [0.4, 0.5) is 5.82 Å². The summed E-state index contributed by atoms with van der Waals surface area (Å²) in [5.74, 6) is 1.05. The molecule has 1 heterocycles. The highest BCUT2D eigenvalue weighted by Crippen LogP contribution is 2.01. The summed E-state index contributed by atoms with van der Waals surface area (Å²) >= 11 is 0. The van der Waals surface area contributed by atoms with Crippen molar-refractivity contribution < 1.29 is 4.79 Å². The van der Waals surface area contributed by atoms with Crippen molar-refractivity contribution in [1.82, 2.24) is 10.3 Å². The molecule has 0 atom stereocenters. The normalized spacial score (nSPS) is 9.94. The molecule has 1 amide bonds. The second-order valence-electron chi connectivity index (χ2n) is 3.95. The molecule has 4 heteroatoms. The lowest BCUT2D eigenvalue weighted by Gasteiger charge is -2.05.